The summed E-state index contributed by atoms with van der Waals surface area (Å²) in [5.41, 5.74) is -2.04. The molecule has 0 radical (unpaired) electrons. The van der Waals surface area contributed by atoms with Gasteiger partial charge in [0.15, 0.2) is 0 Å². The number of thioether (sulfide) groups is 1. The number of halogens is 3. The highest BCUT2D eigenvalue weighted by Gasteiger charge is 2.28. The largest absolute Gasteiger partial charge is 0.446 e. The second kappa shape index (κ2) is 6.55. The van der Waals surface area contributed by atoms with E-state index in [1.807, 2.05) is 6.07 Å². The Balaban J connectivity index is 1.96. The van der Waals surface area contributed by atoms with Crippen LogP contribution in [0.3, 0.4) is 0 Å². The fourth-order valence-electron chi connectivity index (χ4n) is 1.73. The van der Waals surface area contributed by atoms with Gasteiger partial charge in [0.2, 0.25) is 0 Å². The predicted molar refractivity (Wildman–Crippen MR) is 76.8 cm³/mol. The van der Waals surface area contributed by atoms with Crippen molar-refractivity contribution in [2.75, 3.05) is 5.32 Å². The van der Waals surface area contributed by atoms with Gasteiger partial charge in [0, 0.05) is 17.1 Å². The van der Waals surface area contributed by atoms with Gasteiger partial charge in [0.25, 0.3) is 0 Å². The average Bonchev–Trinajstić information content (AvgIpc) is 2.45. The number of alkyl halides is 3. The van der Waals surface area contributed by atoms with Gasteiger partial charge in [-0.25, -0.2) is 0 Å². The average molecular weight is 308 g/mol. The number of nitrogens with zero attached hydrogens (tertiary/aromatic N) is 1. The summed E-state index contributed by atoms with van der Waals surface area (Å²) in [7, 11) is 0. The van der Waals surface area contributed by atoms with Gasteiger partial charge in [-0.1, -0.05) is 12.1 Å². The van der Waals surface area contributed by atoms with Gasteiger partial charge in [-0.3, -0.25) is 0 Å². The molecule has 1 N–H and O–H groups in total. The smallest absolute Gasteiger partial charge is 0.381 e. The van der Waals surface area contributed by atoms with Crippen LogP contribution in [0.5, 0.6) is 0 Å². The van der Waals surface area contributed by atoms with Crippen LogP contribution in [0.1, 0.15) is 11.1 Å². The number of nitrogens with one attached hydrogen (secondary N) is 1. The van der Waals surface area contributed by atoms with Gasteiger partial charge in [0.1, 0.15) is 0 Å². The second-order valence-electron chi connectivity index (χ2n) is 4.24. The third kappa shape index (κ3) is 5.04. The summed E-state index contributed by atoms with van der Waals surface area (Å²) in [5.74, 6) is 0. The normalized spacial score (nSPS) is 11.0. The molecule has 0 fully saturated rings. The molecule has 0 unspecified atom stereocenters. The second-order valence-corrected chi connectivity index (χ2v) is 5.38. The van der Waals surface area contributed by atoms with Gasteiger partial charge in [0.05, 0.1) is 11.6 Å². The Morgan fingerprint density at radius 1 is 1.10 bits per heavy atom. The van der Waals surface area contributed by atoms with Crippen molar-refractivity contribution in [2.45, 2.75) is 16.9 Å². The number of hydrogen-bond acceptors (Lipinski definition) is 3. The molecule has 0 aliphatic rings. The van der Waals surface area contributed by atoms with Crippen molar-refractivity contribution in [3.63, 3.8) is 0 Å². The van der Waals surface area contributed by atoms with Gasteiger partial charge in [-0.15, -0.1) is 0 Å². The molecule has 2 rings (SSSR count). The van der Waals surface area contributed by atoms with Crippen molar-refractivity contribution in [1.29, 1.82) is 5.26 Å². The van der Waals surface area contributed by atoms with E-state index in [2.05, 4.69) is 11.4 Å². The zero-order valence-electron chi connectivity index (χ0n) is 10.8. The molecule has 0 amide bonds. The van der Waals surface area contributed by atoms with E-state index in [1.165, 1.54) is 12.1 Å². The van der Waals surface area contributed by atoms with E-state index in [-0.39, 0.29) is 16.7 Å². The molecule has 2 aromatic carbocycles. The van der Waals surface area contributed by atoms with Crippen LogP contribution in [0.15, 0.2) is 53.4 Å². The zero-order chi connectivity index (χ0) is 15.3. The Morgan fingerprint density at radius 3 is 2.43 bits per heavy atom. The van der Waals surface area contributed by atoms with Crippen LogP contribution in [-0.2, 0) is 6.54 Å². The maximum absolute atomic E-state index is 12.2. The molecule has 0 saturated carbocycles. The summed E-state index contributed by atoms with van der Waals surface area (Å²) in [4.78, 5) is 0.152. The highest BCUT2D eigenvalue weighted by molar-refractivity contribution is 8.00. The van der Waals surface area contributed by atoms with Gasteiger partial charge in [-0.05, 0) is 53.7 Å². The molecule has 0 atom stereocenters. The summed E-state index contributed by atoms with van der Waals surface area (Å²) in [6, 6.07) is 15.2. The van der Waals surface area contributed by atoms with E-state index < -0.39 is 5.51 Å². The van der Waals surface area contributed by atoms with Crippen LogP contribution in [0.25, 0.3) is 0 Å². The monoisotopic (exact) mass is 308 g/mol. The minimum Gasteiger partial charge on any atom is -0.381 e. The van der Waals surface area contributed by atoms with Crippen molar-refractivity contribution in [3.05, 3.63) is 59.7 Å². The number of rotatable bonds is 4. The van der Waals surface area contributed by atoms with Crippen molar-refractivity contribution >= 4 is 17.4 Å². The molecule has 2 aromatic rings. The lowest BCUT2D eigenvalue weighted by Gasteiger charge is -2.09. The first-order valence-corrected chi connectivity index (χ1v) is 6.87. The van der Waals surface area contributed by atoms with Crippen LogP contribution in [0.4, 0.5) is 18.9 Å². The van der Waals surface area contributed by atoms with Crippen LogP contribution in [0, 0.1) is 11.3 Å². The Morgan fingerprint density at radius 2 is 1.81 bits per heavy atom. The van der Waals surface area contributed by atoms with Crippen LogP contribution >= 0.6 is 11.8 Å². The molecular weight excluding hydrogens is 297 g/mol. The SMILES string of the molecule is N#Cc1cccc(CNc2ccc(SC(F)(F)F)cc2)c1. The van der Waals surface area contributed by atoms with E-state index in [4.69, 9.17) is 5.26 Å². The van der Waals surface area contributed by atoms with E-state index in [9.17, 15) is 13.2 Å². The van der Waals surface area contributed by atoms with E-state index in [0.29, 0.717) is 12.1 Å². The molecule has 0 aromatic heterocycles. The molecule has 0 saturated heterocycles. The number of anilines is 1. The van der Waals surface area contributed by atoms with Gasteiger partial charge >= 0.3 is 5.51 Å². The van der Waals surface area contributed by atoms with Crippen LogP contribution < -0.4 is 5.32 Å². The van der Waals surface area contributed by atoms with Gasteiger partial charge < -0.3 is 5.32 Å². The summed E-state index contributed by atoms with van der Waals surface area (Å²) in [6.07, 6.45) is 0. The Labute approximate surface area is 124 Å². The highest BCUT2D eigenvalue weighted by Crippen LogP contribution is 2.37. The third-order valence-corrected chi connectivity index (χ3v) is 3.38. The Kier molecular flexibility index (Phi) is 4.76. The molecule has 21 heavy (non-hydrogen) atoms. The number of hydrogen-bond donors (Lipinski definition) is 1. The molecule has 0 spiro atoms. The molecule has 108 valence electrons. The lowest BCUT2D eigenvalue weighted by atomic mass is 10.1. The number of nitriles is 1. The van der Waals surface area contributed by atoms with Crippen LogP contribution in [0.2, 0.25) is 0 Å². The Bertz CT molecular complexity index is 645. The summed E-state index contributed by atoms with van der Waals surface area (Å²) >= 11 is -0.135. The lowest BCUT2D eigenvalue weighted by Crippen LogP contribution is -2.00. The zero-order valence-corrected chi connectivity index (χ0v) is 11.6. The standard InChI is InChI=1S/C15H11F3N2S/c16-15(17,18)21-14-6-4-13(5-7-14)20-10-12-3-1-2-11(8-12)9-19/h1-8,20H,10H2. The molecule has 6 heteroatoms. The minimum absolute atomic E-state index is 0.135. The molecule has 2 nitrogen and oxygen atoms in total. The highest BCUT2D eigenvalue weighted by atomic mass is 32.2. The molecular formula is C15H11F3N2S. The van der Waals surface area contributed by atoms with E-state index in [1.54, 1.807) is 30.3 Å². The van der Waals surface area contributed by atoms with Crippen molar-refractivity contribution in [1.82, 2.24) is 0 Å². The Hall–Kier alpha value is -2.13. The summed E-state index contributed by atoms with van der Waals surface area (Å²) < 4.78 is 36.6. The summed E-state index contributed by atoms with van der Waals surface area (Å²) in [6.45, 7) is 0.501. The van der Waals surface area contributed by atoms with Crippen LogP contribution in [-0.4, -0.2) is 5.51 Å². The van der Waals surface area contributed by atoms with Crippen molar-refractivity contribution < 1.29 is 13.2 Å². The minimum atomic E-state index is -4.27. The fourth-order valence-corrected chi connectivity index (χ4v) is 2.27. The third-order valence-electron chi connectivity index (χ3n) is 2.64. The predicted octanol–water partition coefficient (Wildman–Crippen LogP) is 4.78. The quantitative estimate of drug-likeness (QED) is 0.825. The first-order valence-electron chi connectivity index (χ1n) is 6.05. The molecule has 0 aliphatic heterocycles. The molecule has 0 aliphatic carbocycles. The first-order chi connectivity index (χ1) is 9.96. The number of benzene rings is 2. The van der Waals surface area contributed by atoms with E-state index in [0.717, 1.165) is 11.3 Å². The van der Waals surface area contributed by atoms with E-state index >= 15 is 0 Å². The summed E-state index contributed by atoms with van der Waals surface area (Å²) in [5, 5.41) is 11.9. The fraction of sp³-hybridized carbons (Fsp3) is 0.133. The maximum Gasteiger partial charge on any atom is 0.446 e. The van der Waals surface area contributed by atoms with Crippen molar-refractivity contribution in [3.8, 4) is 6.07 Å². The van der Waals surface area contributed by atoms with Crippen molar-refractivity contribution in [2.24, 2.45) is 0 Å². The maximum atomic E-state index is 12.2. The molecule has 0 heterocycles. The topological polar surface area (TPSA) is 35.8 Å². The lowest BCUT2D eigenvalue weighted by molar-refractivity contribution is -0.0328. The first kappa shape index (κ1) is 15.3. The van der Waals surface area contributed by atoms with Gasteiger partial charge in [-0.2, -0.15) is 18.4 Å². The molecule has 0 bridgehead atoms.